The highest BCUT2D eigenvalue weighted by atomic mass is 79.9. The summed E-state index contributed by atoms with van der Waals surface area (Å²) in [5.41, 5.74) is 1.46. The lowest BCUT2D eigenvalue weighted by atomic mass is 10.1. The Morgan fingerprint density at radius 2 is 2.17 bits per heavy atom. The van der Waals surface area contributed by atoms with E-state index in [2.05, 4.69) is 21.2 Å². The van der Waals surface area contributed by atoms with Gasteiger partial charge < -0.3 is 14.8 Å². The van der Waals surface area contributed by atoms with Crippen molar-refractivity contribution in [1.29, 1.82) is 0 Å². The molecule has 18 heavy (non-hydrogen) atoms. The van der Waals surface area contributed by atoms with E-state index in [9.17, 15) is 4.79 Å². The zero-order valence-electron chi connectivity index (χ0n) is 10.2. The maximum absolute atomic E-state index is 11.6. The summed E-state index contributed by atoms with van der Waals surface area (Å²) < 4.78 is 10.8. The van der Waals surface area contributed by atoms with Crippen molar-refractivity contribution in [3.8, 4) is 0 Å². The van der Waals surface area contributed by atoms with E-state index in [1.807, 2.05) is 12.1 Å². The highest BCUT2D eigenvalue weighted by molar-refractivity contribution is 9.10. The van der Waals surface area contributed by atoms with Crippen molar-refractivity contribution in [2.75, 3.05) is 25.6 Å². The average Bonchev–Trinajstić information content (AvgIpc) is 2.41. The molecule has 0 amide bonds. The van der Waals surface area contributed by atoms with E-state index in [0.29, 0.717) is 11.6 Å². The van der Waals surface area contributed by atoms with Crippen LogP contribution in [0, 0.1) is 0 Å². The minimum absolute atomic E-state index is 0.336. The topological polar surface area (TPSA) is 47.6 Å². The second kappa shape index (κ2) is 6.20. The second-order valence-electron chi connectivity index (χ2n) is 4.19. The van der Waals surface area contributed by atoms with Crippen molar-refractivity contribution >= 4 is 27.6 Å². The number of halogens is 1. The first-order chi connectivity index (χ1) is 8.72. The molecule has 1 saturated heterocycles. The van der Waals surface area contributed by atoms with Crippen molar-refractivity contribution in [3.05, 3.63) is 28.2 Å². The van der Waals surface area contributed by atoms with Gasteiger partial charge in [-0.1, -0.05) is 6.07 Å². The molecule has 0 saturated carbocycles. The fourth-order valence-electron chi connectivity index (χ4n) is 1.97. The summed E-state index contributed by atoms with van der Waals surface area (Å²) in [5, 5.41) is 3.43. The highest BCUT2D eigenvalue weighted by Gasteiger charge is 2.17. The molecule has 0 spiro atoms. The number of ether oxygens (including phenoxy) is 2. The lowest BCUT2D eigenvalue weighted by molar-refractivity contribution is 0.0599. The van der Waals surface area contributed by atoms with Gasteiger partial charge in [-0.05, 0) is 40.9 Å². The summed E-state index contributed by atoms with van der Waals surface area (Å²) in [6.45, 7) is 1.57. The Kier molecular flexibility index (Phi) is 4.60. The summed E-state index contributed by atoms with van der Waals surface area (Å²) >= 11 is 3.45. The van der Waals surface area contributed by atoms with Crippen LogP contribution in [0.25, 0.3) is 0 Å². The summed E-state index contributed by atoms with van der Waals surface area (Å²) in [4.78, 5) is 11.6. The maximum Gasteiger partial charge on any atom is 0.339 e. The van der Waals surface area contributed by atoms with E-state index < -0.39 is 0 Å². The molecule has 0 aliphatic carbocycles. The van der Waals surface area contributed by atoms with Gasteiger partial charge >= 0.3 is 5.97 Å². The molecule has 0 aromatic heterocycles. The molecule has 0 radical (unpaired) electrons. The monoisotopic (exact) mass is 313 g/mol. The van der Waals surface area contributed by atoms with Gasteiger partial charge in [-0.2, -0.15) is 0 Å². The normalized spacial score (nSPS) is 16.3. The smallest absolute Gasteiger partial charge is 0.339 e. The number of esters is 1. The molecular formula is C13H16BrNO3. The zero-order chi connectivity index (χ0) is 13.0. The summed E-state index contributed by atoms with van der Waals surface area (Å²) in [6, 6.07) is 5.93. The first kappa shape index (κ1) is 13.4. The largest absolute Gasteiger partial charge is 0.465 e. The number of anilines is 1. The van der Waals surface area contributed by atoms with Crippen molar-refractivity contribution in [3.63, 3.8) is 0 Å². The van der Waals surface area contributed by atoms with Crippen LogP contribution in [0.2, 0.25) is 0 Å². The van der Waals surface area contributed by atoms with Crippen molar-refractivity contribution in [1.82, 2.24) is 0 Å². The van der Waals surface area contributed by atoms with Gasteiger partial charge in [-0.15, -0.1) is 0 Å². The lowest BCUT2D eigenvalue weighted by Gasteiger charge is -2.25. The molecule has 1 fully saturated rings. The fraction of sp³-hybridized carbons (Fsp3) is 0.462. The van der Waals surface area contributed by atoms with Crippen molar-refractivity contribution in [2.24, 2.45) is 0 Å². The van der Waals surface area contributed by atoms with Crippen LogP contribution in [0.15, 0.2) is 22.7 Å². The Hall–Kier alpha value is -1.07. The molecular weight excluding hydrogens is 298 g/mol. The van der Waals surface area contributed by atoms with Crippen LogP contribution in [0.5, 0.6) is 0 Å². The van der Waals surface area contributed by atoms with Gasteiger partial charge in [0.25, 0.3) is 0 Å². The van der Waals surface area contributed by atoms with Gasteiger partial charge in [0.1, 0.15) is 0 Å². The molecule has 0 unspecified atom stereocenters. The van der Waals surface area contributed by atoms with E-state index in [-0.39, 0.29) is 5.97 Å². The first-order valence-corrected chi connectivity index (χ1v) is 6.73. The quantitative estimate of drug-likeness (QED) is 0.872. The molecule has 0 atom stereocenters. The van der Waals surface area contributed by atoms with Gasteiger partial charge in [0, 0.05) is 24.9 Å². The van der Waals surface area contributed by atoms with Crippen LogP contribution < -0.4 is 5.32 Å². The van der Waals surface area contributed by atoms with E-state index in [0.717, 1.165) is 36.2 Å². The van der Waals surface area contributed by atoms with Gasteiger partial charge in [-0.3, -0.25) is 0 Å². The van der Waals surface area contributed by atoms with Crippen LogP contribution in [-0.2, 0) is 9.47 Å². The molecule has 2 rings (SSSR count). The summed E-state index contributed by atoms with van der Waals surface area (Å²) in [7, 11) is 1.38. The Morgan fingerprint density at radius 1 is 1.44 bits per heavy atom. The molecule has 1 heterocycles. The SMILES string of the molecule is COC(=O)c1cccc(NC2CCOCC2)c1Br. The number of methoxy groups -OCH3 is 1. The number of carbonyl (C=O) groups excluding carboxylic acids is 1. The molecule has 4 nitrogen and oxygen atoms in total. The number of nitrogens with one attached hydrogen (secondary N) is 1. The third kappa shape index (κ3) is 3.03. The summed E-state index contributed by atoms with van der Waals surface area (Å²) in [6.07, 6.45) is 1.96. The van der Waals surface area contributed by atoms with Crippen LogP contribution in [0.1, 0.15) is 23.2 Å². The number of benzene rings is 1. The average molecular weight is 314 g/mol. The molecule has 1 aromatic carbocycles. The highest BCUT2D eigenvalue weighted by Crippen LogP contribution is 2.28. The molecule has 1 aliphatic heterocycles. The van der Waals surface area contributed by atoms with Crippen LogP contribution in [0.4, 0.5) is 5.69 Å². The number of hydrogen-bond donors (Lipinski definition) is 1. The van der Waals surface area contributed by atoms with Gasteiger partial charge in [0.15, 0.2) is 0 Å². The second-order valence-corrected chi connectivity index (χ2v) is 4.98. The van der Waals surface area contributed by atoms with E-state index in [4.69, 9.17) is 9.47 Å². The molecule has 1 aliphatic rings. The lowest BCUT2D eigenvalue weighted by Crippen LogP contribution is -2.28. The fourth-order valence-corrected chi connectivity index (χ4v) is 2.51. The maximum atomic E-state index is 11.6. The Morgan fingerprint density at radius 3 is 2.83 bits per heavy atom. The summed E-state index contributed by atoms with van der Waals surface area (Å²) in [5.74, 6) is -0.336. The Labute approximate surface area is 115 Å². The molecule has 0 bridgehead atoms. The predicted molar refractivity (Wildman–Crippen MR) is 72.9 cm³/mol. The third-order valence-electron chi connectivity index (χ3n) is 2.98. The van der Waals surface area contributed by atoms with E-state index >= 15 is 0 Å². The molecule has 5 heteroatoms. The zero-order valence-corrected chi connectivity index (χ0v) is 11.8. The van der Waals surface area contributed by atoms with Gasteiger partial charge in [0.05, 0.1) is 17.1 Å². The minimum Gasteiger partial charge on any atom is -0.465 e. The van der Waals surface area contributed by atoms with E-state index in [1.165, 1.54) is 7.11 Å². The number of rotatable bonds is 3. The Bertz CT molecular complexity index is 430. The van der Waals surface area contributed by atoms with Crippen LogP contribution in [0.3, 0.4) is 0 Å². The van der Waals surface area contributed by atoms with Crippen molar-refractivity contribution < 1.29 is 14.3 Å². The minimum atomic E-state index is -0.336. The predicted octanol–water partition coefficient (Wildman–Crippen LogP) is 2.83. The van der Waals surface area contributed by atoms with Gasteiger partial charge in [-0.25, -0.2) is 4.79 Å². The standard InChI is InChI=1S/C13H16BrNO3/c1-17-13(16)10-3-2-4-11(12(10)14)15-9-5-7-18-8-6-9/h2-4,9,15H,5-8H2,1H3. The Balaban J connectivity index is 2.15. The number of carbonyl (C=O) groups is 1. The van der Waals surface area contributed by atoms with Gasteiger partial charge in [0.2, 0.25) is 0 Å². The number of hydrogen-bond acceptors (Lipinski definition) is 4. The van der Waals surface area contributed by atoms with Crippen LogP contribution >= 0.6 is 15.9 Å². The van der Waals surface area contributed by atoms with Crippen molar-refractivity contribution in [2.45, 2.75) is 18.9 Å². The van der Waals surface area contributed by atoms with E-state index in [1.54, 1.807) is 6.07 Å². The molecule has 1 aromatic rings. The first-order valence-electron chi connectivity index (χ1n) is 5.93. The molecule has 98 valence electrons. The molecule has 1 N–H and O–H groups in total. The third-order valence-corrected chi connectivity index (χ3v) is 3.84. The van der Waals surface area contributed by atoms with Crippen LogP contribution in [-0.4, -0.2) is 32.3 Å².